The molecule has 1 aromatic rings. The molecule has 0 N–H and O–H groups in total. The SMILES string of the molecule is CC(C)(C)OC(=O)CCc1ccsc1/C=N/[S@@](=O)C(C)(C)C. The molecule has 124 valence electrons. The van der Waals surface area contributed by atoms with Crippen LogP contribution in [-0.2, 0) is 26.9 Å². The predicted octanol–water partition coefficient (Wildman–Crippen LogP) is 3.90. The van der Waals surface area contributed by atoms with E-state index in [2.05, 4.69) is 4.40 Å². The van der Waals surface area contributed by atoms with Crippen molar-refractivity contribution in [3.05, 3.63) is 21.9 Å². The Hall–Kier alpha value is -1.01. The van der Waals surface area contributed by atoms with E-state index in [0.717, 1.165) is 10.4 Å². The summed E-state index contributed by atoms with van der Waals surface area (Å²) in [6.45, 7) is 11.2. The molecule has 1 atom stereocenters. The molecule has 6 heteroatoms. The molecule has 0 saturated carbocycles. The Bertz CT molecular complexity index is 563. The molecule has 0 radical (unpaired) electrons. The standard InChI is InChI=1S/C16H25NO3S2/c1-15(2,3)20-14(18)8-7-12-9-10-21-13(12)11-17-22(19)16(4,5)6/h9-11H,7-8H2,1-6H3/b17-11+/t22-/m0/s1. The molecule has 0 aliphatic heterocycles. The van der Waals surface area contributed by atoms with E-state index in [1.54, 1.807) is 6.21 Å². The second-order valence-electron chi connectivity index (χ2n) is 6.99. The Balaban J connectivity index is 2.65. The number of rotatable bonds is 5. The average molecular weight is 344 g/mol. The van der Waals surface area contributed by atoms with Crippen molar-refractivity contribution in [1.82, 2.24) is 0 Å². The predicted molar refractivity (Wildman–Crippen MR) is 94.0 cm³/mol. The minimum absolute atomic E-state index is 0.208. The van der Waals surface area contributed by atoms with Crippen molar-refractivity contribution in [2.75, 3.05) is 0 Å². The summed E-state index contributed by atoms with van der Waals surface area (Å²) in [5.41, 5.74) is 0.574. The zero-order valence-corrected chi connectivity index (χ0v) is 15.8. The number of nitrogens with zero attached hydrogens (tertiary/aromatic N) is 1. The van der Waals surface area contributed by atoms with Crippen molar-refractivity contribution < 1.29 is 13.7 Å². The molecule has 0 bridgehead atoms. The third-order valence-corrected chi connectivity index (χ3v) is 4.83. The fourth-order valence-corrected chi connectivity index (χ4v) is 2.95. The molecule has 0 aromatic carbocycles. The molecule has 22 heavy (non-hydrogen) atoms. The highest BCUT2D eigenvalue weighted by molar-refractivity contribution is 7.85. The largest absolute Gasteiger partial charge is 0.460 e. The van der Waals surface area contributed by atoms with Crippen molar-refractivity contribution in [2.24, 2.45) is 4.40 Å². The lowest BCUT2D eigenvalue weighted by Gasteiger charge is -2.19. The Morgan fingerprint density at radius 1 is 1.32 bits per heavy atom. The van der Waals surface area contributed by atoms with Gasteiger partial charge in [0.15, 0.2) is 0 Å². The van der Waals surface area contributed by atoms with Crippen LogP contribution in [-0.4, -0.2) is 26.7 Å². The molecule has 0 aliphatic rings. The summed E-state index contributed by atoms with van der Waals surface area (Å²) in [4.78, 5) is 12.7. The molecule has 0 unspecified atom stereocenters. The molecule has 0 saturated heterocycles. The van der Waals surface area contributed by atoms with Gasteiger partial charge in [-0.2, -0.15) is 4.40 Å². The molecule has 0 spiro atoms. The van der Waals surface area contributed by atoms with Crippen LogP contribution in [0, 0.1) is 0 Å². The van der Waals surface area contributed by atoms with E-state index < -0.39 is 16.6 Å². The summed E-state index contributed by atoms with van der Waals surface area (Å²) < 4.78 is 21.0. The van der Waals surface area contributed by atoms with Crippen molar-refractivity contribution in [1.29, 1.82) is 0 Å². The second-order valence-corrected chi connectivity index (χ2v) is 9.87. The molecule has 0 amide bonds. The van der Waals surface area contributed by atoms with Crippen LogP contribution in [0.1, 0.15) is 58.4 Å². The normalized spacial score (nSPS) is 14.3. The minimum Gasteiger partial charge on any atom is -0.460 e. The quantitative estimate of drug-likeness (QED) is 0.602. The lowest BCUT2D eigenvalue weighted by atomic mass is 10.1. The number of hydrogen-bond donors (Lipinski definition) is 0. The maximum atomic E-state index is 11.9. The molecule has 1 aromatic heterocycles. The maximum absolute atomic E-state index is 11.9. The number of esters is 1. The van der Waals surface area contributed by atoms with Crippen LogP contribution in [0.15, 0.2) is 15.8 Å². The third-order valence-electron chi connectivity index (χ3n) is 2.59. The van der Waals surface area contributed by atoms with Gasteiger partial charge in [-0.3, -0.25) is 4.79 Å². The molecule has 1 heterocycles. The van der Waals surface area contributed by atoms with Crippen LogP contribution in [0.4, 0.5) is 0 Å². The van der Waals surface area contributed by atoms with Gasteiger partial charge in [-0.05, 0) is 65.0 Å². The van der Waals surface area contributed by atoms with Crippen LogP contribution in [0.3, 0.4) is 0 Å². The summed E-state index contributed by atoms with van der Waals surface area (Å²) in [6, 6.07) is 1.97. The number of aryl methyl sites for hydroxylation is 1. The van der Waals surface area contributed by atoms with Gasteiger partial charge in [-0.25, -0.2) is 4.21 Å². The van der Waals surface area contributed by atoms with E-state index in [0.29, 0.717) is 12.8 Å². The summed E-state index contributed by atoms with van der Waals surface area (Å²) >= 11 is 1.53. The topological polar surface area (TPSA) is 55.7 Å². The summed E-state index contributed by atoms with van der Waals surface area (Å²) in [7, 11) is -1.27. The zero-order valence-electron chi connectivity index (χ0n) is 14.1. The second kappa shape index (κ2) is 7.51. The highest BCUT2D eigenvalue weighted by atomic mass is 32.2. The summed E-state index contributed by atoms with van der Waals surface area (Å²) in [5, 5.41) is 1.95. The molecule has 1 rings (SSSR count). The fourth-order valence-electron chi connectivity index (χ4n) is 1.55. The third kappa shape index (κ3) is 6.83. The Kier molecular flexibility index (Phi) is 6.50. The molecular formula is C16H25NO3S2. The van der Waals surface area contributed by atoms with Crippen LogP contribution in [0.2, 0.25) is 0 Å². The smallest absolute Gasteiger partial charge is 0.306 e. The summed E-state index contributed by atoms with van der Waals surface area (Å²) in [5.74, 6) is -0.208. The van der Waals surface area contributed by atoms with Gasteiger partial charge >= 0.3 is 5.97 Å². The highest BCUT2D eigenvalue weighted by Gasteiger charge is 2.19. The van der Waals surface area contributed by atoms with E-state index >= 15 is 0 Å². The van der Waals surface area contributed by atoms with Crippen molar-refractivity contribution in [2.45, 2.75) is 64.7 Å². The number of hydrogen-bond acceptors (Lipinski definition) is 4. The lowest BCUT2D eigenvalue weighted by molar-refractivity contribution is -0.154. The van der Waals surface area contributed by atoms with Gasteiger partial charge in [0, 0.05) is 11.3 Å². The van der Waals surface area contributed by atoms with Gasteiger partial charge in [0.25, 0.3) is 0 Å². The first-order valence-corrected chi connectivity index (χ1v) is 9.22. The molecule has 0 fully saturated rings. The first kappa shape index (κ1) is 19.0. The van der Waals surface area contributed by atoms with E-state index in [1.807, 2.05) is 53.0 Å². The average Bonchev–Trinajstić information content (AvgIpc) is 2.77. The lowest BCUT2D eigenvalue weighted by Crippen LogP contribution is -2.24. The number of thiophene rings is 1. The Morgan fingerprint density at radius 2 is 1.95 bits per heavy atom. The molecular weight excluding hydrogens is 318 g/mol. The first-order chi connectivity index (χ1) is 9.99. The van der Waals surface area contributed by atoms with Gasteiger partial charge < -0.3 is 4.74 Å². The Morgan fingerprint density at radius 3 is 2.50 bits per heavy atom. The van der Waals surface area contributed by atoms with Gasteiger partial charge in [0.2, 0.25) is 0 Å². The number of carbonyl (C=O) groups is 1. The molecule has 4 nitrogen and oxygen atoms in total. The van der Waals surface area contributed by atoms with Crippen molar-refractivity contribution in [3.8, 4) is 0 Å². The van der Waals surface area contributed by atoms with Gasteiger partial charge in [-0.1, -0.05) is 0 Å². The van der Waals surface area contributed by atoms with E-state index in [1.165, 1.54) is 11.3 Å². The van der Waals surface area contributed by atoms with Crippen LogP contribution < -0.4 is 0 Å². The van der Waals surface area contributed by atoms with E-state index in [-0.39, 0.29) is 10.7 Å². The van der Waals surface area contributed by atoms with Crippen molar-refractivity contribution >= 4 is 34.5 Å². The fraction of sp³-hybridized carbons (Fsp3) is 0.625. The van der Waals surface area contributed by atoms with Crippen LogP contribution >= 0.6 is 11.3 Å². The van der Waals surface area contributed by atoms with Crippen LogP contribution in [0.5, 0.6) is 0 Å². The summed E-state index contributed by atoms with van der Waals surface area (Å²) in [6.07, 6.45) is 2.58. The van der Waals surface area contributed by atoms with Crippen molar-refractivity contribution in [3.63, 3.8) is 0 Å². The highest BCUT2D eigenvalue weighted by Crippen LogP contribution is 2.19. The Labute approximate surface area is 139 Å². The molecule has 0 aliphatic carbocycles. The zero-order chi connectivity index (χ0) is 17.0. The van der Waals surface area contributed by atoms with E-state index in [4.69, 9.17) is 4.74 Å². The maximum Gasteiger partial charge on any atom is 0.306 e. The van der Waals surface area contributed by atoms with Gasteiger partial charge in [0.1, 0.15) is 16.6 Å². The monoisotopic (exact) mass is 343 g/mol. The first-order valence-electron chi connectivity index (χ1n) is 7.23. The number of carbonyl (C=O) groups excluding carboxylic acids is 1. The van der Waals surface area contributed by atoms with E-state index in [9.17, 15) is 9.00 Å². The van der Waals surface area contributed by atoms with Gasteiger partial charge in [-0.15, -0.1) is 11.3 Å². The van der Waals surface area contributed by atoms with Gasteiger partial charge in [0.05, 0.1) is 11.0 Å². The van der Waals surface area contributed by atoms with Crippen LogP contribution in [0.25, 0.3) is 0 Å². The minimum atomic E-state index is -1.27. The number of ether oxygens (including phenoxy) is 1.